The molecule has 4 bridgehead atoms. The van der Waals surface area contributed by atoms with E-state index in [4.69, 9.17) is 4.74 Å². The van der Waals surface area contributed by atoms with Crippen LogP contribution in [0.1, 0.15) is 51.5 Å². The van der Waals surface area contributed by atoms with Crippen LogP contribution in [0.25, 0.3) is 0 Å². The summed E-state index contributed by atoms with van der Waals surface area (Å²) in [5.74, 6) is 1.34. The normalized spacial score (nSPS) is 32.4. The second-order valence-corrected chi connectivity index (χ2v) is 11.5. The van der Waals surface area contributed by atoms with Crippen LogP contribution in [0.3, 0.4) is 0 Å². The summed E-state index contributed by atoms with van der Waals surface area (Å²) >= 11 is 0. The Hall–Kier alpha value is -2.56. The van der Waals surface area contributed by atoms with Gasteiger partial charge in [-0.3, -0.25) is 9.69 Å². The van der Waals surface area contributed by atoms with Crippen molar-refractivity contribution in [2.45, 2.75) is 69.3 Å². The van der Waals surface area contributed by atoms with E-state index in [0.717, 1.165) is 31.5 Å². The van der Waals surface area contributed by atoms with Crippen LogP contribution in [0.5, 0.6) is 0 Å². The number of nitrogens with one attached hydrogen (secondary N) is 1. The predicted molar refractivity (Wildman–Crippen MR) is 124 cm³/mol. The number of aromatic nitrogens is 1. The van der Waals surface area contributed by atoms with Crippen LogP contribution >= 0.6 is 0 Å². The summed E-state index contributed by atoms with van der Waals surface area (Å²) in [6.45, 7) is 6.08. The minimum Gasteiger partial charge on any atom is -0.450 e. The Kier molecular flexibility index (Phi) is 6.12. The highest BCUT2D eigenvalue weighted by atomic mass is 19.4. The Morgan fingerprint density at radius 3 is 2.25 bits per heavy atom. The number of carboxylic acid groups (broad SMARTS) is 1. The van der Waals surface area contributed by atoms with Gasteiger partial charge < -0.3 is 20.1 Å². The number of rotatable bonds is 5. The Morgan fingerprint density at radius 2 is 1.72 bits per heavy atom. The summed E-state index contributed by atoms with van der Waals surface area (Å²) in [7, 11) is 0. The van der Waals surface area contributed by atoms with Crippen LogP contribution in [0.4, 0.5) is 23.8 Å². The molecule has 6 rings (SSSR count). The number of hydrogen-bond donors (Lipinski definition) is 2. The van der Waals surface area contributed by atoms with Gasteiger partial charge >= 0.3 is 12.3 Å². The maximum Gasteiger partial charge on any atom is 0.506 e. The van der Waals surface area contributed by atoms with Crippen LogP contribution in [-0.2, 0) is 15.7 Å². The topological polar surface area (TPSA) is 95.0 Å². The number of carbonyl (C=O) groups excluding carboxylic acids is 1. The van der Waals surface area contributed by atoms with Gasteiger partial charge in [0.2, 0.25) is 5.91 Å². The molecule has 1 aromatic heterocycles. The zero-order chi connectivity index (χ0) is 25.9. The van der Waals surface area contributed by atoms with E-state index < -0.39 is 29.0 Å². The molecule has 1 amide bonds. The summed E-state index contributed by atoms with van der Waals surface area (Å²) in [6.07, 6.45) is -0.678. The van der Waals surface area contributed by atoms with Gasteiger partial charge in [0.15, 0.2) is 0 Å². The molecule has 2 N–H and O–H groups in total. The standard InChI is InChI=1S/C25H33F3N4O4/c1-23(2,32-7-5-31(6-8-32)19-4-3-18(14-29-19)25(26,27)28)21(33)30-20-16-9-15-10-17(20)13-24(11-15,12-16)36-22(34)35/h3-4,14-17,20H,5-13H2,1-2H3,(H,30,33)(H,34,35). The zero-order valence-corrected chi connectivity index (χ0v) is 20.6. The lowest BCUT2D eigenvalue weighted by atomic mass is 9.52. The maximum absolute atomic E-state index is 13.5. The van der Waals surface area contributed by atoms with E-state index in [0.29, 0.717) is 50.8 Å². The first-order valence-electron chi connectivity index (χ1n) is 12.6. The molecule has 1 aromatic rings. The summed E-state index contributed by atoms with van der Waals surface area (Å²) in [6, 6.07) is 2.46. The summed E-state index contributed by atoms with van der Waals surface area (Å²) in [4.78, 5) is 32.8. The molecule has 5 aliphatic rings. The molecular formula is C25H33F3N4O4. The highest BCUT2D eigenvalue weighted by Crippen LogP contribution is 2.57. The van der Waals surface area contributed by atoms with Gasteiger partial charge in [0, 0.05) is 38.4 Å². The molecular weight excluding hydrogens is 477 g/mol. The number of anilines is 1. The monoisotopic (exact) mass is 510 g/mol. The number of nitrogens with zero attached hydrogens (tertiary/aromatic N) is 3. The Labute approximate surface area is 208 Å². The van der Waals surface area contributed by atoms with Crippen molar-refractivity contribution in [1.29, 1.82) is 0 Å². The first-order chi connectivity index (χ1) is 16.9. The van der Waals surface area contributed by atoms with Crippen molar-refractivity contribution in [2.75, 3.05) is 31.1 Å². The molecule has 5 fully saturated rings. The van der Waals surface area contributed by atoms with Gasteiger partial charge in [-0.2, -0.15) is 13.2 Å². The largest absolute Gasteiger partial charge is 0.506 e. The average molecular weight is 511 g/mol. The summed E-state index contributed by atoms with van der Waals surface area (Å²) in [5, 5.41) is 12.5. The van der Waals surface area contributed by atoms with E-state index in [1.807, 2.05) is 18.7 Å². The fourth-order valence-electron chi connectivity index (χ4n) is 7.20. The number of carbonyl (C=O) groups is 2. The van der Waals surface area contributed by atoms with Gasteiger partial charge in [-0.05, 0) is 75.8 Å². The maximum atomic E-state index is 13.5. The Morgan fingerprint density at radius 1 is 1.08 bits per heavy atom. The molecule has 8 nitrogen and oxygen atoms in total. The van der Waals surface area contributed by atoms with Crippen molar-refractivity contribution < 1.29 is 32.6 Å². The van der Waals surface area contributed by atoms with Crippen molar-refractivity contribution in [1.82, 2.24) is 15.2 Å². The number of hydrogen-bond acceptors (Lipinski definition) is 6. The van der Waals surface area contributed by atoms with Crippen molar-refractivity contribution in [3.05, 3.63) is 23.9 Å². The lowest BCUT2D eigenvalue weighted by Gasteiger charge is -2.59. The fourth-order valence-corrected chi connectivity index (χ4v) is 7.20. The quantitative estimate of drug-likeness (QED) is 0.583. The first-order valence-corrected chi connectivity index (χ1v) is 12.6. The van der Waals surface area contributed by atoms with Crippen molar-refractivity contribution in [2.24, 2.45) is 17.8 Å². The number of ether oxygens (including phenoxy) is 1. The number of piperazine rings is 1. The molecule has 0 spiro atoms. The van der Waals surface area contributed by atoms with Gasteiger partial charge in [0.1, 0.15) is 11.4 Å². The van der Waals surface area contributed by atoms with E-state index >= 15 is 0 Å². The highest BCUT2D eigenvalue weighted by molar-refractivity contribution is 5.85. The molecule has 2 atom stereocenters. The zero-order valence-electron chi connectivity index (χ0n) is 20.6. The third kappa shape index (κ3) is 4.62. The SMILES string of the molecule is CC(C)(C(=O)NC1C2CC3CC1CC(OC(=O)O)(C3)C2)N1CCN(c2ccc(C(F)(F)F)cn2)CC1. The van der Waals surface area contributed by atoms with Crippen molar-refractivity contribution in [3.8, 4) is 0 Å². The van der Waals surface area contributed by atoms with Gasteiger partial charge in [-0.25, -0.2) is 9.78 Å². The van der Waals surface area contributed by atoms with Crippen molar-refractivity contribution >= 4 is 17.9 Å². The van der Waals surface area contributed by atoms with Crippen LogP contribution in [0.2, 0.25) is 0 Å². The minimum absolute atomic E-state index is 0.0245. The molecule has 198 valence electrons. The summed E-state index contributed by atoms with van der Waals surface area (Å²) < 4.78 is 43.8. The van der Waals surface area contributed by atoms with Crippen LogP contribution in [0.15, 0.2) is 18.3 Å². The minimum atomic E-state index is -4.41. The van der Waals surface area contributed by atoms with E-state index in [2.05, 4.69) is 15.2 Å². The molecule has 1 aliphatic heterocycles. The molecule has 1 saturated heterocycles. The molecule has 36 heavy (non-hydrogen) atoms. The van der Waals surface area contributed by atoms with Crippen LogP contribution < -0.4 is 10.2 Å². The van der Waals surface area contributed by atoms with E-state index in [-0.39, 0.29) is 23.8 Å². The molecule has 4 saturated carbocycles. The fraction of sp³-hybridized carbons (Fsp3) is 0.720. The third-order valence-corrected chi connectivity index (χ3v) is 8.84. The predicted octanol–water partition coefficient (Wildman–Crippen LogP) is 3.76. The number of halogens is 3. The van der Waals surface area contributed by atoms with Crippen LogP contribution in [0, 0.1) is 17.8 Å². The van der Waals surface area contributed by atoms with Crippen LogP contribution in [-0.4, -0.2) is 70.4 Å². The Balaban J connectivity index is 1.19. The first kappa shape index (κ1) is 25.1. The van der Waals surface area contributed by atoms with E-state index in [9.17, 15) is 27.9 Å². The number of alkyl halides is 3. The van der Waals surface area contributed by atoms with Gasteiger partial charge in [0.25, 0.3) is 0 Å². The smallest absolute Gasteiger partial charge is 0.450 e. The molecule has 11 heteroatoms. The molecule has 2 heterocycles. The van der Waals surface area contributed by atoms with Gasteiger partial charge in [-0.1, -0.05) is 0 Å². The molecule has 2 unspecified atom stereocenters. The number of pyridine rings is 1. The van der Waals surface area contributed by atoms with E-state index in [1.165, 1.54) is 6.07 Å². The Bertz CT molecular complexity index is 992. The van der Waals surface area contributed by atoms with Gasteiger partial charge in [0.05, 0.1) is 11.1 Å². The number of amides is 1. The summed E-state index contributed by atoms with van der Waals surface area (Å²) in [5.41, 5.74) is -2.13. The van der Waals surface area contributed by atoms with E-state index in [1.54, 1.807) is 0 Å². The average Bonchev–Trinajstić information content (AvgIpc) is 2.79. The lowest BCUT2D eigenvalue weighted by molar-refractivity contribution is -0.157. The molecule has 0 aromatic carbocycles. The third-order valence-electron chi connectivity index (χ3n) is 8.84. The molecule has 4 aliphatic carbocycles. The lowest BCUT2D eigenvalue weighted by Crippen LogP contribution is -2.66. The molecule has 0 radical (unpaired) electrons. The van der Waals surface area contributed by atoms with Gasteiger partial charge in [-0.15, -0.1) is 0 Å². The van der Waals surface area contributed by atoms with Crippen molar-refractivity contribution in [3.63, 3.8) is 0 Å². The second-order valence-electron chi connectivity index (χ2n) is 11.5. The highest BCUT2D eigenvalue weighted by Gasteiger charge is 2.58. The second kappa shape index (κ2) is 8.78.